The molecule has 0 aliphatic carbocycles. The number of hydrogen-bond donors (Lipinski definition) is 4. The summed E-state index contributed by atoms with van der Waals surface area (Å²) in [6, 6.07) is 12.9. The molecule has 0 aliphatic heterocycles. The van der Waals surface area contributed by atoms with Crippen LogP contribution in [0.4, 0.5) is 0 Å². The summed E-state index contributed by atoms with van der Waals surface area (Å²) in [6.45, 7) is -0.194. The van der Waals surface area contributed by atoms with E-state index in [-0.39, 0.29) is 18.7 Å². The van der Waals surface area contributed by atoms with Gasteiger partial charge < -0.3 is 20.0 Å². The van der Waals surface area contributed by atoms with Gasteiger partial charge in [0.05, 0.1) is 0 Å². The van der Waals surface area contributed by atoms with Crippen LogP contribution in [0.1, 0.15) is 11.1 Å². The molecule has 0 radical (unpaired) electrons. The van der Waals surface area contributed by atoms with Gasteiger partial charge >= 0.3 is 13.7 Å². The maximum absolute atomic E-state index is 11.8. The summed E-state index contributed by atoms with van der Waals surface area (Å²) in [5.41, 5.74) is 1.14. The molecule has 0 saturated carbocycles. The van der Waals surface area contributed by atoms with Gasteiger partial charge in [-0.15, -0.1) is 0 Å². The van der Waals surface area contributed by atoms with Gasteiger partial charge in [-0.1, -0.05) is 42.5 Å². The molecule has 2 aromatic rings. The Kier molecular flexibility index (Phi) is 5.75. The maximum Gasteiger partial charge on any atom is 0.404 e. The number of carboxylic acid groups (broad SMARTS) is 1. The molecule has 4 N–H and O–H groups in total. The van der Waals surface area contributed by atoms with Crippen molar-refractivity contribution in [2.75, 3.05) is 0 Å². The zero-order valence-electron chi connectivity index (χ0n) is 12.7. The van der Waals surface area contributed by atoms with Crippen molar-refractivity contribution in [2.24, 2.45) is 0 Å². The Balaban J connectivity index is 2.30. The largest absolute Gasteiger partial charge is 0.508 e. The van der Waals surface area contributed by atoms with Gasteiger partial charge in [0.2, 0.25) is 0 Å². The van der Waals surface area contributed by atoms with Crippen molar-refractivity contribution in [3.05, 3.63) is 65.7 Å². The number of benzene rings is 2. The Hall–Kier alpha value is -2.18. The van der Waals surface area contributed by atoms with Crippen molar-refractivity contribution in [2.45, 2.75) is 19.0 Å². The van der Waals surface area contributed by atoms with E-state index in [9.17, 15) is 29.4 Å². The van der Waals surface area contributed by atoms with E-state index < -0.39 is 19.8 Å². The second-order valence-electron chi connectivity index (χ2n) is 5.32. The normalized spacial score (nSPS) is 13.0. The molecule has 2 rings (SSSR count). The van der Waals surface area contributed by atoms with Crippen LogP contribution in [-0.4, -0.2) is 36.7 Å². The maximum atomic E-state index is 11.8. The van der Waals surface area contributed by atoms with E-state index in [1.807, 2.05) is 0 Å². The van der Waals surface area contributed by atoms with Crippen LogP contribution in [0.15, 0.2) is 54.6 Å². The third-order valence-electron chi connectivity index (χ3n) is 3.53. The smallest absolute Gasteiger partial charge is 0.404 e. The van der Waals surface area contributed by atoms with Gasteiger partial charge in [-0.2, -0.15) is 4.67 Å². The number of nitrogens with zero attached hydrogens (tertiary/aromatic N) is 1. The minimum Gasteiger partial charge on any atom is -0.508 e. The van der Waals surface area contributed by atoms with Gasteiger partial charge in [-0.05, 0) is 29.7 Å². The van der Waals surface area contributed by atoms with Crippen LogP contribution in [0.25, 0.3) is 0 Å². The Morgan fingerprint density at radius 3 is 2.08 bits per heavy atom. The predicted octanol–water partition coefficient (Wildman–Crippen LogP) is 1.98. The van der Waals surface area contributed by atoms with Crippen LogP contribution in [0.2, 0.25) is 0 Å². The van der Waals surface area contributed by atoms with Crippen LogP contribution in [0, 0.1) is 0 Å². The molecule has 1 atom stereocenters. The molecule has 0 heterocycles. The molecule has 24 heavy (non-hydrogen) atoms. The van der Waals surface area contributed by atoms with E-state index in [1.54, 1.807) is 30.3 Å². The lowest BCUT2D eigenvalue weighted by molar-refractivity contribution is -0.142. The molecule has 0 aliphatic rings. The lowest BCUT2D eigenvalue weighted by atomic mass is 10.1. The highest BCUT2D eigenvalue weighted by Crippen LogP contribution is 2.43. The van der Waals surface area contributed by atoms with Crippen molar-refractivity contribution in [1.29, 1.82) is 0 Å². The number of carboxylic acids is 1. The third-order valence-corrected chi connectivity index (χ3v) is 4.62. The molecular weight excluding hydrogens is 333 g/mol. The number of aromatic hydroxyl groups is 1. The summed E-state index contributed by atoms with van der Waals surface area (Å²) in [5.74, 6) is -1.30. The summed E-state index contributed by atoms with van der Waals surface area (Å²) >= 11 is 0. The van der Waals surface area contributed by atoms with Crippen LogP contribution in [0.5, 0.6) is 5.75 Å². The molecule has 2 aromatic carbocycles. The van der Waals surface area contributed by atoms with Crippen LogP contribution in [0.3, 0.4) is 0 Å². The molecule has 0 spiro atoms. The van der Waals surface area contributed by atoms with E-state index in [1.165, 1.54) is 24.3 Å². The van der Waals surface area contributed by atoms with E-state index in [4.69, 9.17) is 0 Å². The Bertz CT molecular complexity index is 728. The predicted molar refractivity (Wildman–Crippen MR) is 87.3 cm³/mol. The zero-order chi connectivity index (χ0) is 17.7. The first-order valence-electron chi connectivity index (χ1n) is 7.14. The lowest BCUT2D eigenvalue weighted by Gasteiger charge is -2.29. The number of carbonyl (C=O) groups is 1. The number of rotatable bonds is 7. The fourth-order valence-corrected chi connectivity index (χ4v) is 3.22. The minimum absolute atomic E-state index is 0.0294. The van der Waals surface area contributed by atoms with Crippen molar-refractivity contribution < 1.29 is 29.4 Å². The molecule has 7 nitrogen and oxygen atoms in total. The van der Waals surface area contributed by atoms with Gasteiger partial charge in [-0.25, -0.2) is 4.57 Å². The summed E-state index contributed by atoms with van der Waals surface area (Å²) in [7, 11) is -4.79. The summed E-state index contributed by atoms with van der Waals surface area (Å²) in [6.07, 6.45) is -0.104. The quantitative estimate of drug-likeness (QED) is 0.563. The van der Waals surface area contributed by atoms with Gasteiger partial charge in [0, 0.05) is 6.54 Å². The van der Waals surface area contributed by atoms with Crippen molar-refractivity contribution >= 4 is 13.7 Å². The van der Waals surface area contributed by atoms with E-state index in [0.717, 1.165) is 0 Å². The fourth-order valence-electron chi connectivity index (χ4n) is 2.33. The monoisotopic (exact) mass is 351 g/mol. The summed E-state index contributed by atoms with van der Waals surface area (Å²) in [4.78, 5) is 30.8. The van der Waals surface area contributed by atoms with E-state index >= 15 is 0 Å². The molecule has 0 amide bonds. The van der Waals surface area contributed by atoms with E-state index in [2.05, 4.69) is 0 Å². The Morgan fingerprint density at radius 1 is 1.00 bits per heavy atom. The standard InChI is InChI=1S/C16H18NO6P/c18-14-8-6-12(7-9-14)10-15(16(19)20)17(24(21,22)23)11-13-4-2-1-3-5-13/h1-9,15,18H,10-11H2,(H,19,20)(H2,21,22,23). The highest BCUT2D eigenvalue weighted by molar-refractivity contribution is 7.49. The van der Waals surface area contributed by atoms with Gasteiger partial charge in [-0.3, -0.25) is 4.79 Å². The van der Waals surface area contributed by atoms with Crippen molar-refractivity contribution in [1.82, 2.24) is 4.67 Å². The Morgan fingerprint density at radius 2 is 1.58 bits per heavy atom. The third kappa shape index (κ3) is 4.91. The summed E-state index contributed by atoms with van der Waals surface area (Å²) < 4.78 is 12.5. The van der Waals surface area contributed by atoms with Crippen molar-refractivity contribution in [3.63, 3.8) is 0 Å². The van der Waals surface area contributed by atoms with Gasteiger partial charge in [0.1, 0.15) is 11.8 Å². The second kappa shape index (κ2) is 7.59. The molecule has 1 unspecified atom stereocenters. The first-order valence-corrected chi connectivity index (χ1v) is 8.71. The minimum atomic E-state index is -4.79. The van der Waals surface area contributed by atoms with Gasteiger partial charge in [0.25, 0.3) is 0 Å². The number of aliphatic carboxylic acids is 1. The number of hydrogen-bond acceptors (Lipinski definition) is 3. The van der Waals surface area contributed by atoms with Crippen LogP contribution in [-0.2, 0) is 22.3 Å². The number of phenolic OH excluding ortho intramolecular Hbond substituents is 1. The molecular formula is C16H18NO6P. The Labute approximate surface area is 139 Å². The average molecular weight is 351 g/mol. The van der Waals surface area contributed by atoms with E-state index in [0.29, 0.717) is 15.8 Å². The average Bonchev–Trinajstić information content (AvgIpc) is 2.52. The topological polar surface area (TPSA) is 118 Å². The zero-order valence-corrected chi connectivity index (χ0v) is 13.6. The molecule has 0 saturated heterocycles. The van der Waals surface area contributed by atoms with Crippen LogP contribution < -0.4 is 0 Å². The summed E-state index contributed by atoms with van der Waals surface area (Å²) in [5, 5.41) is 18.7. The number of phenols is 1. The van der Waals surface area contributed by atoms with Gasteiger partial charge in [0.15, 0.2) is 0 Å². The molecule has 0 fully saturated rings. The SMILES string of the molecule is O=C(O)C(Cc1ccc(O)cc1)N(Cc1ccccc1)P(=O)(O)O. The first kappa shape index (κ1) is 18.2. The van der Waals surface area contributed by atoms with Crippen LogP contribution >= 0.6 is 7.75 Å². The second-order valence-corrected chi connectivity index (χ2v) is 6.86. The first-order chi connectivity index (χ1) is 11.3. The highest BCUT2D eigenvalue weighted by atomic mass is 31.2. The highest BCUT2D eigenvalue weighted by Gasteiger charge is 2.37. The lowest BCUT2D eigenvalue weighted by Crippen LogP contribution is -2.40. The molecule has 128 valence electrons. The molecule has 8 heteroatoms. The van der Waals surface area contributed by atoms with Crippen molar-refractivity contribution in [3.8, 4) is 5.75 Å². The fraction of sp³-hybridized carbons (Fsp3) is 0.188. The molecule has 0 bridgehead atoms. The molecule has 0 aromatic heterocycles.